The topological polar surface area (TPSA) is 51.2 Å². The SMILES string of the molecule is COc1ccc([C@@H](CC(=O)Nc2cccc3cccnc23)c2ccccc2)cc1. The number of rotatable bonds is 6. The molecular formula is C25H22N2O2. The standard InChI is InChI=1S/C25H22N2O2/c1-29-21-14-12-19(13-15-21)22(18-7-3-2-4-8-18)17-24(28)27-23-11-5-9-20-10-6-16-26-25(20)23/h2-16,22H,17H2,1H3,(H,27,28)/t22-/m0/s1. The zero-order valence-electron chi connectivity index (χ0n) is 16.2. The highest BCUT2D eigenvalue weighted by molar-refractivity contribution is 6.00. The normalized spacial score (nSPS) is 11.8. The van der Waals surface area contributed by atoms with Crippen molar-refractivity contribution in [3.8, 4) is 5.75 Å². The van der Waals surface area contributed by atoms with Crippen LogP contribution in [0, 0.1) is 0 Å². The molecule has 4 nitrogen and oxygen atoms in total. The molecule has 4 rings (SSSR count). The smallest absolute Gasteiger partial charge is 0.225 e. The Balaban J connectivity index is 1.60. The number of anilines is 1. The van der Waals surface area contributed by atoms with Crippen molar-refractivity contribution in [2.45, 2.75) is 12.3 Å². The fourth-order valence-corrected chi connectivity index (χ4v) is 3.54. The molecule has 0 saturated carbocycles. The Kier molecular flexibility index (Phi) is 5.52. The van der Waals surface area contributed by atoms with Crippen LogP contribution >= 0.6 is 0 Å². The molecule has 0 unspecified atom stereocenters. The van der Waals surface area contributed by atoms with Crippen molar-refractivity contribution in [3.63, 3.8) is 0 Å². The summed E-state index contributed by atoms with van der Waals surface area (Å²) in [6.45, 7) is 0. The molecule has 0 radical (unpaired) electrons. The highest BCUT2D eigenvalue weighted by atomic mass is 16.5. The highest BCUT2D eigenvalue weighted by Gasteiger charge is 2.19. The predicted molar refractivity (Wildman–Crippen MR) is 116 cm³/mol. The van der Waals surface area contributed by atoms with Crippen LogP contribution in [0.15, 0.2) is 91.1 Å². The van der Waals surface area contributed by atoms with Gasteiger partial charge in [0.1, 0.15) is 5.75 Å². The average molecular weight is 382 g/mol. The van der Waals surface area contributed by atoms with E-state index >= 15 is 0 Å². The minimum atomic E-state index is -0.0509. The van der Waals surface area contributed by atoms with Crippen LogP contribution in [0.3, 0.4) is 0 Å². The molecule has 0 saturated heterocycles. The lowest BCUT2D eigenvalue weighted by Gasteiger charge is -2.18. The summed E-state index contributed by atoms with van der Waals surface area (Å²) in [5, 5.41) is 4.05. The number of aromatic nitrogens is 1. The number of ether oxygens (including phenoxy) is 1. The van der Waals surface area contributed by atoms with Gasteiger partial charge >= 0.3 is 0 Å². The maximum atomic E-state index is 13.0. The fraction of sp³-hybridized carbons (Fsp3) is 0.120. The molecule has 3 aromatic carbocycles. The van der Waals surface area contributed by atoms with Gasteiger partial charge in [-0.3, -0.25) is 9.78 Å². The fourth-order valence-electron chi connectivity index (χ4n) is 3.54. The summed E-state index contributed by atoms with van der Waals surface area (Å²) in [6, 6.07) is 27.7. The van der Waals surface area contributed by atoms with Crippen LogP contribution in [-0.2, 0) is 4.79 Å². The molecule has 4 heteroatoms. The number of hydrogen-bond acceptors (Lipinski definition) is 3. The van der Waals surface area contributed by atoms with Crippen LogP contribution in [0.25, 0.3) is 10.9 Å². The second-order valence-corrected chi connectivity index (χ2v) is 6.87. The summed E-state index contributed by atoms with van der Waals surface area (Å²) in [5.74, 6) is 0.699. The molecule has 1 amide bonds. The third kappa shape index (κ3) is 4.27. The molecular weight excluding hydrogens is 360 g/mol. The Morgan fingerprint density at radius 3 is 2.38 bits per heavy atom. The maximum Gasteiger partial charge on any atom is 0.225 e. The number of carbonyl (C=O) groups excluding carboxylic acids is 1. The largest absolute Gasteiger partial charge is 0.497 e. The van der Waals surface area contributed by atoms with Crippen molar-refractivity contribution < 1.29 is 9.53 Å². The monoisotopic (exact) mass is 382 g/mol. The van der Waals surface area contributed by atoms with Gasteiger partial charge in [0.15, 0.2) is 0 Å². The Labute approximate surface area is 170 Å². The zero-order valence-corrected chi connectivity index (χ0v) is 16.2. The molecule has 1 heterocycles. The minimum Gasteiger partial charge on any atom is -0.497 e. The minimum absolute atomic E-state index is 0.0483. The molecule has 0 spiro atoms. The Morgan fingerprint density at radius 2 is 1.62 bits per heavy atom. The van der Waals surface area contributed by atoms with Gasteiger partial charge in [-0.05, 0) is 35.4 Å². The van der Waals surface area contributed by atoms with Gasteiger partial charge in [-0.25, -0.2) is 0 Å². The second-order valence-electron chi connectivity index (χ2n) is 6.87. The number of fused-ring (bicyclic) bond motifs is 1. The van der Waals surface area contributed by atoms with Crippen LogP contribution in [0.1, 0.15) is 23.5 Å². The first-order chi connectivity index (χ1) is 14.2. The third-order valence-electron chi connectivity index (χ3n) is 5.02. The first-order valence-corrected chi connectivity index (χ1v) is 9.57. The van der Waals surface area contributed by atoms with Gasteiger partial charge in [0.25, 0.3) is 0 Å². The highest BCUT2D eigenvalue weighted by Crippen LogP contribution is 2.30. The van der Waals surface area contributed by atoms with Crippen LogP contribution in [0.4, 0.5) is 5.69 Å². The number of methoxy groups -OCH3 is 1. The Hall–Kier alpha value is -3.66. The van der Waals surface area contributed by atoms with Gasteiger partial charge in [-0.1, -0.05) is 60.7 Å². The molecule has 1 aromatic heterocycles. The van der Waals surface area contributed by atoms with E-state index in [1.165, 1.54) is 0 Å². The molecule has 0 bridgehead atoms. The first kappa shape index (κ1) is 18.7. The average Bonchev–Trinajstić information content (AvgIpc) is 2.78. The van der Waals surface area contributed by atoms with Gasteiger partial charge in [0.2, 0.25) is 5.91 Å². The van der Waals surface area contributed by atoms with E-state index in [4.69, 9.17) is 4.74 Å². The quantitative estimate of drug-likeness (QED) is 0.485. The lowest BCUT2D eigenvalue weighted by Crippen LogP contribution is -2.17. The van der Waals surface area contributed by atoms with Crippen LogP contribution in [-0.4, -0.2) is 18.0 Å². The van der Waals surface area contributed by atoms with Crippen LogP contribution in [0.5, 0.6) is 5.75 Å². The van der Waals surface area contributed by atoms with Gasteiger partial charge in [0.05, 0.1) is 18.3 Å². The molecule has 1 atom stereocenters. The van der Waals surface area contributed by atoms with Crippen molar-refractivity contribution in [3.05, 3.63) is 102 Å². The Morgan fingerprint density at radius 1 is 0.897 bits per heavy atom. The molecule has 0 aliphatic carbocycles. The molecule has 144 valence electrons. The second kappa shape index (κ2) is 8.57. The molecule has 0 aliphatic rings. The Bertz CT molecular complexity index is 1100. The maximum absolute atomic E-state index is 13.0. The van der Waals surface area contributed by atoms with Gasteiger partial charge in [-0.15, -0.1) is 0 Å². The zero-order chi connectivity index (χ0) is 20.1. The molecule has 4 aromatic rings. The number of nitrogens with one attached hydrogen (secondary N) is 1. The summed E-state index contributed by atoms with van der Waals surface area (Å²) >= 11 is 0. The number of pyridine rings is 1. The number of amides is 1. The van der Waals surface area contributed by atoms with E-state index in [2.05, 4.69) is 22.4 Å². The first-order valence-electron chi connectivity index (χ1n) is 9.57. The van der Waals surface area contributed by atoms with E-state index in [9.17, 15) is 4.79 Å². The van der Waals surface area contributed by atoms with E-state index in [-0.39, 0.29) is 11.8 Å². The summed E-state index contributed by atoms with van der Waals surface area (Å²) in [6.07, 6.45) is 2.07. The van der Waals surface area contributed by atoms with Crippen LogP contribution in [0.2, 0.25) is 0 Å². The number of benzene rings is 3. The summed E-state index contributed by atoms with van der Waals surface area (Å²) in [5.41, 5.74) is 3.70. The molecule has 0 aliphatic heterocycles. The molecule has 0 fully saturated rings. The number of para-hydroxylation sites is 1. The third-order valence-corrected chi connectivity index (χ3v) is 5.02. The van der Waals surface area contributed by atoms with E-state index in [0.29, 0.717) is 6.42 Å². The van der Waals surface area contributed by atoms with E-state index in [1.807, 2.05) is 72.8 Å². The van der Waals surface area contributed by atoms with Gasteiger partial charge < -0.3 is 10.1 Å². The summed E-state index contributed by atoms with van der Waals surface area (Å²) in [7, 11) is 1.65. The number of carbonyl (C=O) groups is 1. The molecule has 1 N–H and O–H groups in total. The number of nitrogens with zero attached hydrogens (tertiary/aromatic N) is 1. The number of hydrogen-bond donors (Lipinski definition) is 1. The van der Waals surface area contributed by atoms with Crippen molar-refractivity contribution in [2.24, 2.45) is 0 Å². The van der Waals surface area contributed by atoms with Crippen molar-refractivity contribution in [1.29, 1.82) is 0 Å². The van der Waals surface area contributed by atoms with Crippen molar-refractivity contribution in [2.75, 3.05) is 12.4 Å². The summed E-state index contributed by atoms with van der Waals surface area (Å²) in [4.78, 5) is 17.4. The predicted octanol–water partition coefficient (Wildman–Crippen LogP) is 5.40. The van der Waals surface area contributed by atoms with E-state index in [1.54, 1.807) is 13.3 Å². The van der Waals surface area contributed by atoms with Gasteiger partial charge in [-0.2, -0.15) is 0 Å². The lowest BCUT2D eigenvalue weighted by atomic mass is 9.88. The van der Waals surface area contributed by atoms with E-state index < -0.39 is 0 Å². The van der Waals surface area contributed by atoms with Crippen LogP contribution < -0.4 is 10.1 Å². The van der Waals surface area contributed by atoms with Crippen molar-refractivity contribution >= 4 is 22.5 Å². The lowest BCUT2D eigenvalue weighted by molar-refractivity contribution is -0.116. The van der Waals surface area contributed by atoms with Gasteiger partial charge in [0, 0.05) is 23.9 Å². The summed E-state index contributed by atoms with van der Waals surface area (Å²) < 4.78 is 5.27. The molecule has 29 heavy (non-hydrogen) atoms. The van der Waals surface area contributed by atoms with E-state index in [0.717, 1.165) is 33.5 Å². The van der Waals surface area contributed by atoms with Crippen molar-refractivity contribution in [1.82, 2.24) is 4.98 Å².